The highest BCUT2D eigenvalue weighted by Gasteiger charge is 2.17. The normalized spacial score (nSPS) is 11.1. The standard InChI is InChI=1S/C17H15ClFN3O/c1-3-5-15-21-13-7-4-6-11(18)16(13)17(23)22(15)14-9-20-8-12(19)10(14)2/h4,6-9H,3,5H2,1-2H3. The first-order valence-electron chi connectivity index (χ1n) is 7.35. The van der Waals surface area contributed by atoms with E-state index in [9.17, 15) is 9.18 Å². The highest BCUT2D eigenvalue weighted by atomic mass is 35.5. The molecule has 0 fully saturated rings. The molecule has 0 amide bonds. The lowest BCUT2D eigenvalue weighted by atomic mass is 10.2. The number of aryl methyl sites for hydroxylation is 1. The van der Waals surface area contributed by atoms with Crippen LogP contribution in [0.2, 0.25) is 5.02 Å². The molecule has 0 radical (unpaired) electrons. The van der Waals surface area contributed by atoms with Gasteiger partial charge in [0.15, 0.2) is 0 Å². The monoisotopic (exact) mass is 331 g/mol. The van der Waals surface area contributed by atoms with Gasteiger partial charge >= 0.3 is 0 Å². The molecule has 3 aromatic rings. The summed E-state index contributed by atoms with van der Waals surface area (Å²) in [5.41, 5.74) is 0.990. The van der Waals surface area contributed by atoms with Crippen molar-refractivity contribution in [3.63, 3.8) is 0 Å². The van der Waals surface area contributed by atoms with Gasteiger partial charge in [-0.3, -0.25) is 14.3 Å². The molecule has 2 aromatic heterocycles. The van der Waals surface area contributed by atoms with Crippen molar-refractivity contribution in [1.82, 2.24) is 14.5 Å². The van der Waals surface area contributed by atoms with Crippen LogP contribution in [0.3, 0.4) is 0 Å². The topological polar surface area (TPSA) is 47.8 Å². The summed E-state index contributed by atoms with van der Waals surface area (Å²) in [5, 5.41) is 0.663. The first-order valence-corrected chi connectivity index (χ1v) is 7.73. The first kappa shape index (κ1) is 15.6. The van der Waals surface area contributed by atoms with Gasteiger partial charge in [-0.05, 0) is 25.5 Å². The largest absolute Gasteiger partial charge is 0.268 e. The molecule has 118 valence electrons. The van der Waals surface area contributed by atoms with E-state index in [2.05, 4.69) is 9.97 Å². The predicted molar refractivity (Wildman–Crippen MR) is 88.8 cm³/mol. The lowest BCUT2D eigenvalue weighted by molar-refractivity contribution is 0.608. The molecule has 0 aliphatic heterocycles. The van der Waals surface area contributed by atoms with Crippen LogP contribution in [0.5, 0.6) is 0 Å². The number of hydrogen-bond donors (Lipinski definition) is 0. The summed E-state index contributed by atoms with van der Waals surface area (Å²) in [5.74, 6) is 0.110. The number of hydrogen-bond acceptors (Lipinski definition) is 3. The number of nitrogens with zero attached hydrogens (tertiary/aromatic N) is 3. The maximum Gasteiger partial charge on any atom is 0.267 e. The number of rotatable bonds is 3. The van der Waals surface area contributed by atoms with Gasteiger partial charge in [0.05, 0.1) is 34.0 Å². The minimum absolute atomic E-state index is 0.306. The number of fused-ring (bicyclic) bond motifs is 1. The van der Waals surface area contributed by atoms with Crippen LogP contribution in [0, 0.1) is 12.7 Å². The fourth-order valence-electron chi connectivity index (χ4n) is 2.59. The highest BCUT2D eigenvalue weighted by Crippen LogP contribution is 2.22. The third-order valence-corrected chi connectivity index (χ3v) is 4.07. The molecule has 0 saturated carbocycles. The Morgan fingerprint density at radius 3 is 2.83 bits per heavy atom. The van der Waals surface area contributed by atoms with Crippen molar-refractivity contribution in [2.45, 2.75) is 26.7 Å². The molecule has 0 N–H and O–H groups in total. The van der Waals surface area contributed by atoms with Gasteiger partial charge in [0.2, 0.25) is 0 Å². The Balaban J connectivity index is 2.45. The van der Waals surface area contributed by atoms with E-state index in [4.69, 9.17) is 11.6 Å². The SMILES string of the molecule is CCCc1nc2cccc(Cl)c2c(=O)n1-c1cncc(F)c1C. The van der Waals surface area contributed by atoms with Gasteiger partial charge in [0.25, 0.3) is 5.56 Å². The van der Waals surface area contributed by atoms with Crippen LogP contribution in [-0.4, -0.2) is 14.5 Å². The van der Waals surface area contributed by atoms with Crippen molar-refractivity contribution in [1.29, 1.82) is 0 Å². The van der Waals surface area contributed by atoms with Crippen LogP contribution in [0.25, 0.3) is 16.6 Å². The average molecular weight is 332 g/mol. The van der Waals surface area contributed by atoms with Crippen molar-refractivity contribution in [2.24, 2.45) is 0 Å². The number of aromatic nitrogens is 3. The molecular weight excluding hydrogens is 317 g/mol. The summed E-state index contributed by atoms with van der Waals surface area (Å²) >= 11 is 6.18. The van der Waals surface area contributed by atoms with Crippen LogP contribution in [-0.2, 0) is 6.42 Å². The van der Waals surface area contributed by atoms with Crippen LogP contribution >= 0.6 is 11.6 Å². The molecular formula is C17H15ClFN3O. The minimum atomic E-state index is -0.462. The summed E-state index contributed by atoms with van der Waals surface area (Å²) < 4.78 is 15.3. The van der Waals surface area contributed by atoms with Crippen molar-refractivity contribution in [2.75, 3.05) is 0 Å². The predicted octanol–water partition coefficient (Wildman–Crippen LogP) is 3.83. The van der Waals surface area contributed by atoms with Crippen molar-refractivity contribution >= 4 is 22.5 Å². The van der Waals surface area contributed by atoms with E-state index in [1.807, 2.05) is 6.92 Å². The van der Waals surface area contributed by atoms with Crippen molar-refractivity contribution in [3.8, 4) is 5.69 Å². The molecule has 6 heteroatoms. The quantitative estimate of drug-likeness (QED) is 0.732. The van der Waals surface area contributed by atoms with E-state index < -0.39 is 5.82 Å². The van der Waals surface area contributed by atoms with E-state index in [1.165, 1.54) is 10.8 Å². The lowest BCUT2D eigenvalue weighted by Gasteiger charge is -2.15. The third kappa shape index (κ3) is 2.61. The molecule has 0 aliphatic carbocycles. The molecule has 3 rings (SSSR count). The smallest absolute Gasteiger partial charge is 0.267 e. The second kappa shape index (κ2) is 6.08. The second-order valence-electron chi connectivity index (χ2n) is 5.32. The molecule has 2 heterocycles. The van der Waals surface area contributed by atoms with E-state index >= 15 is 0 Å². The van der Waals surface area contributed by atoms with Crippen molar-refractivity contribution in [3.05, 3.63) is 63.2 Å². The summed E-state index contributed by atoms with van der Waals surface area (Å²) in [6, 6.07) is 5.16. The molecule has 1 aromatic carbocycles. The van der Waals surface area contributed by atoms with E-state index in [-0.39, 0.29) is 5.56 Å². The second-order valence-corrected chi connectivity index (χ2v) is 5.73. The zero-order valence-electron chi connectivity index (χ0n) is 12.8. The van der Waals surface area contributed by atoms with Gasteiger partial charge in [0, 0.05) is 12.0 Å². The summed E-state index contributed by atoms with van der Waals surface area (Å²) in [6.07, 6.45) is 4.00. The van der Waals surface area contributed by atoms with Gasteiger partial charge in [-0.1, -0.05) is 24.6 Å². The van der Waals surface area contributed by atoms with E-state index in [0.717, 1.165) is 12.6 Å². The Morgan fingerprint density at radius 2 is 2.09 bits per heavy atom. The van der Waals surface area contributed by atoms with Crippen LogP contribution in [0.15, 0.2) is 35.4 Å². The van der Waals surface area contributed by atoms with Crippen LogP contribution in [0.1, 0.15) is 24.7 Å². The summed E-state index contributed by atoms with van der Waals surface area (Å²) in [4.78, 5) is 21.4. The van der Waals surface area contributed by atoms with Gasteiger partial charge < -0.3 is 0 Å². The maximum absolute atomic E-state index is 13.9. The first-order chi connectivity index (χ1) is 11.0. The van der Waals surface area contributed by atoms with Crippen LogP contribution in [0.4, 0.5) is 4.39 Å². The highest BCUT2D eigenvalue weighted by molar-refractivity contribution is 6.35. The molecule has 23 heavy (non-hydrogen) atoms. The Hall–Kier alpha value is -2.27. The van der Waals surface area contributed by atoms with E-state index in [1.54, 1.807) is 25.1 Å². The maximum atomic E-state index is 13.9. The van der Waals surface area contributed by atoms with Gasteiger partial charge in [0.1, 0.15) is 11.6 Å². The van der Waals surface area contributed by atoms with Crippen molar-refractivity contribution < 1.29 is 4.39 Å². The summed E-state index contributed by atoms with van der Waals surface area (Å²) in [6.45, 7) is 3.61. The van der Waals surface area contributed by atoms with Gasteiger partial charge in [-0.15, -0.1) is 0 Å². The fourth-order valence-corrected chi connectivity index (χ4v) is 2.84. The van der Waals surface area contributed by atoms with Crippen LogP contribution < -0.4 is 5.56 Å². The molecule has 0 bridgehead atoms. The minimum Gasteiger partial charge on any atom is -0.268 e. The molecule has 0 atom stereocenters. The molecule has 4 nitrogen and oxygen atoms in total. The molecule has 0 spiro atoms. The van der Waals surface area contributed by atoms with Gasteiger partial charge in [-0.25, -0.2) is 9.37 Å². The Kier molecular flexibility index (Phi) is 4.13. The zero-order chi connectivity index (χ0) is 16.6. The Labute approximate surface area is 137 Å². The number of pyridine rings is 1. The fraction of sp³-hybridized carbons (Fsp3) is 0.235. The number of benzene rings is 1. The average Bonchev–Trinajstić information content (AvgIpc) is 2.51. The number of halogens is 2. The zero-order valence-corrected chi connectivity index (χ0v) is 13.6. The molecule has 0 aliphatic rings. The van der Waals surface area contributed by atoms with Gasteiger partial charge in [-0.2, -0.15) is 0 Å². The lowest BCUT2D eigenvalue weighted by Crippen LogP contribution is -2.25. The van der Waals surface area contributed by atoms with E-state index in [0.29, 0.717) is 39.4 Å². The molecule has 0 unspecified atom stereocenters. The Morgan fingerprint density at radius 1 is 1.30 bits per heavy atom. The third-order valence-electron chi connectivity index (χ3n) is 3.76. The summed E-state index contributed by atoms with van der Waals surface area (Å²) in [7, 11) is 0. The molecule has 0 saturated heterocycles. The Bertz CT molecular complexity index is 952.